The largest absolute Gasteiger partial charge is 0.481 e. The van der Waals surface area contributed by atoms with E-state index in [1.54, 1.807) is 0 Å². The second-order valence-electron chi connectivity index (χ2n) is 5.50. The number of carboxylic acids is 7. The van der Waals surface area contributed by atoms with Gasteiger partial charge in [0.15, 0.2) is 5.60 Å². The number of hydrogen-bond donors (Lipinski definition) is 8. The molecule has 0 aliphatic rings. The van der Waals surface area contributed by atoms with Crippen LogP contribution in [0.15, 0.2) is 0 Å². The number of aliphatic hydroxyl groups is 1. The first-order valence-corrected chi connectivity index (χ1v) is 7.32. The third kappa shape index (κ3) is 6.73. The van der Waals surface area contributed by atoms with Crippen molar-refractivity contribution < 1.29 is 74.4 Å². The van der Waals surface area contributed by atoms with Crippen LogP contribution in [0, 0.1) is 11.3 Å². The van der Waals surface area contributed by atoms with Gasteiger partial charge in [-0.1, -0.05) is 6.92 Å². The molecule has 0 spiro atoms. The Morgan fingerprint density at radius 1 is 0.655 bits per heavy atom. The molecule has 8 N–H and O–H groups in total. The van der Waals surface area contributed by atoms with Crippen LogP contribution in [0.4, 0.5) is 0 Å². The van der Waals surface area contributed by atoms with Gasteiger partial charge in [0.25, 0.3) is 5.41 Å². The quantitative estimate of drug-likeness (QED) is 0.167. The summed E-state index contributed by atoms with van der Waals surface area (Å²) in [5, 5.41) is 68.5. The molecule has 0 rings (SSSR count). The Morgan fingerprint density at radius 3 is 1.07 bits per heavy atom. The Balaban J connectivity index is 0. The second kappa shape index (κ2) is 10.5. The number of hydrogen-bond acceptors (Lipinski definition) is 8. The maximum absolute atomic E-state index is 10.8. The van der Waals surface area contributed by atoms with Gasteiger partial charge in [0.1, 0.15) is 0 Å². The summed E-state index contributed by atoms with van der Waals surface area (Å²) >= 11 is 0. The van der Waals surface area contributed by atoms with E-state index in [0.717, 1.165) is 0 Å². The van der Waals surface area contributed by atoms with Crippen LogP contribution in [0.25, 0.3) is 0 Å². The van der Waals surface area contributed by atoms with Gasteiger partial charge in [-0.25, -0.2) is 4.79 Å². The lowest BCUT2D eigenvalue weighted by atomic mass is 9.74. The Morgan fingerprint density at radius 2 is 0.966 bits per heavy atom. The highest BCUT2D eigenvalue weighted by Crippen LogP contribution is 2.32. The Bertz CT molecular complexity index is 654. The van der Waals surface area contributed by atoms with E-state index in [2.05, 4.69) is 0 Å². The molecule has 1 unspecified atom stereocenters. The van der Waals surface area contributed by atoms with Crippen molar-refractivity contribution in [3.05, 3.63) is 0 Å². The second-order valence-corrected chi connectivity index (χ2v) is 5.50. The van der Waals surface area contributed by atoms with E-state index in [4.69, 9.17) is 40.9 Å². The fourth-order valence-corrected chi connectivity index (χ4v) is 2.10. The van der Waals surface area contributed by atoms with Crippen LogP contribution in [0.5, 0.6) is 0 Å². The predicted molar refractivity (Wildman–Crippen MR) is 83.8 cm³/mol. The molecule has 0 aromatic carbocycles. The molecule has 0 aliphatic heterocycles. The molecule has 29 heavy (non-hydrogen) atoms. The fraction of sp³-hybridized carbons (Fsp3) is 0.500. The zero-order chi connectivity index (χ0) is 23.7. The summed E-state index contributed by atoms with van der Waals surface area (Å²) in [7, 11) is 0. The summed E-state index contributed by atoms with van der Waals surface area (Å²) in [5.74, 6) is -15.5. The lowest BCUT2D eigenvalue weighted by Gasteiger charge is -2.25. The minimum absolute atomic E-state index is 0.430. The van der Waals surface area contributed by atoms with Crippen molar-refractivity contribution in [2.45, 2.75) is 31.8 Å². The number of aliphatic carboxylic acids is 7. The van der Waals surface area contributed by atoms with Crippen molar-refractivity contribution in [2.24, 2.45) is 11.3 Å². The first-order valence-electron chi connectivity index (χ1n) is 7.32. The maximum atomic E-state index is 10.8. The molecule has 0 amide bonds. The molecule has 0 aromatic heterocycles. The first kappa shape index (κ1) is 27.5. The van der Waals surface area contributed by atoms with Gasteiger partial charge in [0, 0.05) is 0 Å². The van der Waals surface area contributed by atoms with Crippen molar-refractivity contribution in [1.82, 2.24) is 0 Å². The molecule has 164 valence electrons. The van der Waals surface area contributed by atoms with E-state index in [-0.39, 0.29) is 0 Å². The minimum Gasteiger partial charge on any atom is -0.481 e. The fourth-order valence-electron chi connectivity index (χ4n) is 2.10. The number of rotatable bonds is 11. The molecule has 0 radical (unpaired) electrons. The molecule has 15 heteroatoms. The zero-order valence-electron chi connectivity index (χ0n) is 14.6. The van der Waals surface area contributed by atoms with Crippen LogP contribution >= 0.6 is 0 Å². The molecule has 0 saturated carbocycles. The first-order chi connectivity index (χ1) is 13.0. The molecule has 0 bridgehead atoms. The van der Waals surface area contributed by atoms with Crippen LogP contribution < -0.4 is 0 Å². The number of carboxylic acid groups (broad SMARTS) is 7. The molecule has 0 saturated heterocycles. The zero-order valence-corrected chi connectivity index (χ0v) is 14.6. The smallest absolute Gasteiger partial charge is 0.336 e. The standard InChI is InChI=1S/C8H10O8.C6H8O7/c1-2-3(4(9)10)8(5(11)12,6(13)14)7(15)16;7-3(8)1-6(13,5(11)12)2-4(9)10/h3H,2H2,1H3,(H,9,10)(H,11,12)(H,13,14)(H,15,16);13H,1-2H2,(H,7,8)(H,9,10)(H,11,12). The van der Waals surface area contributed by atoms with Crippen molar-refractivity contribution in [2.75, 3.05) is 0 Å². The van der Waals surface area contributed by atoms with Gasteiger partial charge in [0.2, 0.25) is 0 Å². The third-order valence-electron chi connectivity index (χ3n) is 3.53. The van der Waals surface area contributed by atoms with Gasteiger partial charge in [-0.3, -0.25) is 28.8 Å². The Kier molecular flexibility index (Phi) is 9.99. The van der Waals surface area contributed by atoms with E-state index < -0.39 is 78.0 Å². The van der Waals surface area contributed by atoms with Crippen molar-refractivity contribution in [3.8, 4) is 0 Å². The highest BCUT2D eigenvalue weighted by molar-refractivity contribution is 6.18. The average molecular weight is 426 g/mol. The van der Waals surface area contributed by atoms with Gasteiger partial charge in [-0.15, -0.1) is 0 Å². The summed E-state index contributed by atoms with van der Waals surface area (Å²) in [4.78, 5) is 73.5. The predicted octanol–water partition coefficient (Wildman–Crippen LogP) is -1.91. The van der Waals surface area contributed by atoms with Gasteiger partial charge in [0.05, 0.1) is 18.8 Å². The van der Waals surface area contributed by atoms with E-state index in [0.29, 0.717) is 0 Å². The molecule has 1 atom stereocenters. The highest BCUT2D eigenvalue weighted by atomic mass is 16.4. The van der Waals surface area contributed by atoms with Gasteiger partial charge in [-0.05, 0) is 6.42 Å². The van der Waals surface area contributed by atoms with E-state index in [1.807, 2.05) is 0 Å². The Labute approximate surface area is 160 Å². The van der Waals surface area contributed by atoms with E-state index >= 15 is 0 Å². The summed E-state index contributed by atoms with van der Waals surface area (Å²) in [5.41, 5.74) is -6.10. The molecule has 0 heterocycles. The highest BCUT2D eigenvalue weighted by Gasteiger charge is 2.62. The topological polar surface area (TPSA) is 281 Å². The third-order valence-corrected chi connectivity index (χ3v) is 3.53. The van der Waals surface area contributed by atoms with Crippen LogP contribution in [-0.4, -0.2) is 88.2 Å². The monoisotopic (exact) mass is 426 g/mol. The van der Waals surface area contributed by atoms with E-state index in [9.17, 15) is 33.6 Å². The molecule has 0 fully saturated rings. The molecule has 0 aromatic rings. The van der Waals surface area contributed by atoms with Crippen LogP contribution in [-0.2, 0) is 33.6 Å². The van der Waals surface area contributed by atoms with Crippen molar-refractivity contribution >= 4 is 41.8 Å². The average Bonchev–Trinajstić information content (AvgIpc) is 2.49. The normalized spacial score (nSPS) is 11.9. The SMILES string of the molecule is CCC(C(=O)O)C(C(=O)O)(C(=O)O)C(=O)O.O=C(O)CC(O)(CC(=O)O)C(=O)O. The lowest BCUT2D eigenvalue weighted by Crippen LogP contribution is -2.54. The molecular weight excluding hydrogens is 408 g/mol. The van der Waals surface area contributed by atoms with Gasteiger partial charge >= 0.3 is 41.8 Å². The molecule has 15 nitrogen and oxygen atoms in total. The van der Waals surface area contributed by atoms with Crippen LogP contribution in [0.3, 0.4) is 0 Å². The van der Waals surface area contributed by atoms with Crippen LogP contribution in [0.1, 0.15) is 26.2 Å². The van der Waals surface area contributed by atoms with Gasteiger partial charge in [-0.2, -0.15) is 0 Å². The Hall–Kier alpha value is -3.75. The lowest BCUT2D eigenvalue weighted by molar-refractivity contribution is -0.185. The van der Waals surface area contributed by atoms with Crippen molar-refractivity contribution in [1.29, 1.82) is 0 Å². The summed E-state index contributed by atoms with van der Waals surface area (Å²) in [6.45, 7) is 1.20. The molecular formula is C14H18O15. The van der Waals surface area contributed by atoms with Gasteiger partial charge < -0.3 is 40.9 Å². The maximum Gasteiger partial charge on any atom is 0.336 e. The van der Waals surface area contributed by atoms with Crippen molar-refractivity contribution in [3.63, 3.8) is 0 Å². The van der Waals surface area contributed by atoms with Crippen LogP contribution in [0.2, 0.25) is 0 Å². The summed E-state index contributed by atoms with van der Waals surface area (Å²) in [6.07, 6.45) is -2.72. The number of carbonyl (C=O) groups is 7. The minimum atomic E-state index is -3.36. The molecule has 0 aliphatic carbocycles. The van der Waals surface area contributed by atoms with E-state index in [1.165, 1.54) is 6.92 Å². The summed E-state index contributed by atoms with van der Waals surface area (Å²) in [6, 6.07) is 0. The summed E-state index contributed by atoms with van der Waals surface area (Å²) < 4.78 is 0.